The van der Waals surface area contributed by atoms with E-state index in [-0.39, 0.29) is 32.4 Å². The van der Waals surface area contributed by atoms with Crippen molar-refractivity contribution in [2.45, 2.75) is 42.9 Å². The number of fused-ring (bicyclic) bond motifs is 2. The fourth-order valence-corrected chi connectivity index (χ4v) is 6.86. The number of phosphoric acid groups is 2. The van der Waals surface area contributed by atoms with E-state index in [1.165, 1.54) is 6.07 Å². The minimum Gasteiger partial charge on any atom is -0.783 e. The second-order valence-corrected chi connectivity index (χ2v) is 13.2. The Hall–Kier alpha value is -2.76. The van der Waals surface area contributed by atoms with Crippen LogP contribution in [-0.4, -0.2) is 89.4 Å². The molecule has 0 spiro atoms. The van der Waals surface area contributed by atoms with E-state index in [9.17, 15) is 38.7 Å². The van der Waals surface area contributed by atoms with Gasteiger partial charge in [-0.3, -0.25) is 28.4 Å². The molecule has 44 heavy (non-hydrogen) atoms. The third-order valence-corrected chi connectivity index (χ3v) is 9.93. The van der Waals surface area contributed by atoms with E-state index in [0.29, 0.717) is 0 Å². The Morgan fingerprint density at radius 3 is 2.36 bits per heavy atom. The number of nitrogens with zero attached hydrogens (tertiary/aromatic N) is 5. The van der Waals surface area contributed by atoms with Crippen LogP contribution in [-0.2, 0) is 57.2 Å². The molecule has 3 aliphatic rings. The molecule has 0 saturated carbocycles. The average molecular weight is 697 g/mol. The molecular weight excluding hydrogens is 674 g/mol. The van der Waals surface area contributed by atoms with Crippen LogP contribution >= 0.6 is 15.6 Å². The molecule has 0 radical (unpaired) electrons. The number of ether oxygens (including phenoxy) is 2. The molecule has 2 aromatic heterocycles. The molecule has 21 nitrogen and oxygen atoms in total. The number of aliphatic hydroxyl groups is 2. The summed E-state index contributed by atoms with van der Waals surface area (Å²) in [4.78, 5) is 62.2. The Balaban J connectivity index is 1.20. The fraction of sp³-hybridized carbons (Fsp3) is 0.474. The van der Waals surface area contributed by atoms with Crippen LogP contribution in [0.15, 0.2) is 41.6 Å². The van der Waals surface area contributed by atoms with Crippen molar-refractivity contribution in [2.75, 3.05) is 24.7 Å². The molecule has 3 aliphatic heterocycles. The van der Waals surface area contributed by atoms with Gasteiger partial charge < -0.3 is 66.2 Å². The summed E-state index contributed by atoms with van der Waals surface area (Å²) in [5.74, 6) is -0.337. The van der Waals surface area contributed by atoms with Gasteiger partial charge in [0, 0.05) is 6.20 Å². The van der Waals surface area contributed by atoms with Crippen LogP contribution in [0.1, 0.15) is 6.23 Å². The predicted molar refractivity (Wildman–Crippen MR) is 147 cm³/mol. The predicted octanol–water partition coefficient (Wildman–Crippen LogP) is -4.29. The normalized spacial score (nSPS) is 30.8. The lowest BCUT2D eigenvalue weighted by Crippen LogP contribution is -2.53. The van der Waals surface area contributed by atoms with Gasteiger partial charge in [-0.25, -0.2) is 18.9 Å². The molecule has 0 aliphatic carbocycles. The summed E-state index contributed by atoms with van der Waals surface area (Å²) in [6, 6.07) is 0.241. The van der Waals surface area contributed by atoms with Crippen molar-refractivity contribution in [1.82, 2.24) is 19.5 Å². The largest absolute Gasteiger partial charge is 0.783 e. The maximum absolute atomic E-state index is 12.5. The molecule has 5 rings (SSSR count). The van der Waals surface area contributed by atoms with Crippen molar-refractivity contribution < 1.29 is 52.0 Å². The fourth-order valence-electron chi connectivity index (χ4n) is 4.24. The second-order valence-electron chi connectivity index (χ2n) is 9.27. The summed E-state index contributed by atoms with van der Waals surface area (Å²) >= 11 is 10.6. The Labute approximate surface area is 255 Å². The standard InChI is InChI=1S/C19H24N8O13P2S2/c20-7-1-2-27(19(31)22-7)17-11(29)10(28)5(39-17)3-36-41(32,33)40-42(34,35)37-4-6-12(43)13(44)8-16(38-6)24-14-9(23-8)15(30)26-18(21)25-14/h1-2,5-6,8,10-11,16-17,28-29,43-44H,3-4H2,(H,32,33)(H,34,35)(H2,20,22,31)(H3,21,24,25,26,30)/p-2/t5-,6-,8+,10-,11-,16-,17-/m1/s1. The number of aromatic nitrogens is 4. The number of hydrogen-bond donors (Lipinski definition) is 7. The van der Waals surface area contributed by atoms with Crippen molar-refractivity contribution in [3.63, 3.8) is 0 Å². The highest BCUT2D eigenvalue weighted by molar-refractivity contribution is 7.68. The van der Waals surface area contributed by atoms with Gasteiger partial charge in [-0.2, -0.15) is 24.1 Å². The zero-order valence-corrected chi connectivity index (χ0v) is 25.1. The number of nitrogens with two attached hydrogens (primary N) is 2. The molecule has 9 atom stereocenters. The quantitative estimate of drug-likeness (QED) is 0.0963. The summed E-state index contributed by atoms with van der Waals surface area (Å²) in [6.07, 6.45) is -7.70. The van der Waals surface area contributed by atoms with Gasteiger partial charge in [-0.05, 0) is 6.07 Å². The molecule has 0 aromatic carbocycles. The summed E-state index contributed by atoms with van der Waals surface area (Å²) in [6.45, 7) is -1.76. The molecular formula is C19H22N8O13P2S2-2. The average Bonchev–Trinajstić information content (AvgIpc) is 3.20. The van der Waals surface area contributed by atoms with E-state index in [2.05, 4.69) is 33.8 Å². The monoisotopic (exact) mass is 696 g/mol. The lowest BCUT2D eigenvalue weighted by Gasteiger charge is -2.44. The van der Waals surface area contributed by atoms with Crippen molar-refractivity contribution in [3.05, 3.63) is 53.8 Å². The van der Waals surface area contributed by atoms with Gasteiger partial charge in [0.2, 0.25) is 5.95 Å². The van der Waals surface area contributed by atoms with E-state index >= 15 is 0 Å². The van der Waals surface area contributed by atoms with Crippen LogP contribution in [0.5, 0.6) is 0 Å². The summed E-state index contributed by atoms with van der Waals surface area (Å²) in [7, 11) is -10.7. The molecule has 1 fully saturated rings. The maximum atomic E-state index is 12.5. The van der Waals surface area contributed by atoms with Gasteiger partial charge in [-0.15, -0.1) is 0 Å². The van der Waals surface area contributed by atoms with Gasteiger partial charge in [0.25, 0.3) is 5.56 Å². The van der Waals surface area contributed by atoms with Gasteiger partial charge in [0.15, 0.2) is 23.3 Å². The van der Waals surface area contributed by atoms with E-state index in [4.69, 9.17) is 50.7 Å². The number of anilines is 2. The molecule has 2 aromatic rings. The highest BCUT2D eigenvalue weighted by atomic mass is 32.1. The first-order chi connectivity index (χ1) is 20.5. The molecule has 5 heterocycles. The van der Waals surface area contributed by atoms with Crippen molar-refractivity contribution in [3.8, 4) is 0 Å². The Bertz CT molecular complexity index is 1840. The minimum absolute atomic E-state index is 0.0213. The van der Waals surface area contributed by atoms with Crippen LogP contribution in [0.4, 0.5) is 11.8 Å². The molecule has 1 saturated heterocycles. The Kier molecular flexibility index (Phi) is 9.05. The van der Waals surface area contributed by atoms with Gasteiger partial charge >= 0.3 is 21.3 Å². The third-order valence-electron chi connectivity index (χ3n) is 6.25. The first-order valence-corrected chi connectivity index (χ1v) is 15.9. The number of phosphoric ester groups is 2. The van der Waals surface area contributed by atoms with E-state index in [1.807, 2.05) is 0 Å². The number of aromatic amines is 1. The number of rotatable bonds is 9. The summed E-state index contributed by atoms with van der Waals surface area (Å²) in [5.41, 5.74) is 9.24. The SMILES string of the molecule is Nc1ccn([C@@H]2O[C@H](COP(=O)(O)OP(=O)(O)OC[C@H]3O[C@H]4N=c5nc(N)[nH]c(=O)c5=N[C@H]4C([S-])=C3[S-])[C@@H](O)[C@H]2O)c(=O)n1. The number of nitrogen functional groups attached to an aromatic ring is 2. The molecule has 9 N–H and O–H groups in total. The van der Waals surface area contributed by atoms with Crippen LogP contribution in [0.3, 0.4) is 0 Å². The zero-order chi connectivity index (χ0) is 32.1. The van der Waals surface area contributed by atoms with Crippen LogP contribution in [0.2, 0.25) is 0 Å². The van der Waals surface area contributed by atoms with E-state index < -0.39 is 83.0 Å². The first kappa shape index (κ1) is 32.6. The zero-order valence-electron chi connectivity index (χ0n) is 21.7. The Morgan fingerprint density at radius 2 is 1.68 bits per heavy atom. The molecule has 240 valence electrons. The molecule has 0 amide bonds. The maximum Gasteiger partial charge on any atom is 0.481 e. The van der Waals surface area contributed by atoms with Crippen LogP contribution in [0, 0.1) is 0 Å². The molecule has 2 unspecified atom stereocenters. The summed E-state index contributed by atoms with van der Waals surface area (Å²) < 4.78 is 50.5. The lowest BCUT2D eigenvalue weighted by atomic mass is 10.1. The number of nitrogens with one attached hydrogen (secondary N) is 1. The first-order valence-electron chi connectivity index (χ1n) is 12.1. The highest BCUT2D eigenvalue weighted by Gasteiger charge is 2.46. The van der Waals surface area contributed by atoms with E-state index in [1.54, 1.807) is 0 Å². The van der Waals surface area contributed by atoms with Gasteiger partial charge in [0.05, 0.1) is 25.4 Å². The third kappa shape index (κ3) is 6.74. The summed E-state index contributed by atoms with van der Waals surface area (Å²) in [5, 5.41) is 20.4. The van der Waals surface area contributed by atoms with E-state index in [0.717, 1.165) is 10.8 Å². The van der Waals surface area contributed by atoms with Crippen molar-refractivity contribution in [1.29, 1.82) is 0 Å². The van der Waals surface area contributed by atoms with Gasteiger partial charge in [-0.1, -0.05) is 0 Å². The van der Waals surface area contributed by atoms with Crippen LogP contribution < -0.4 is 33.6 Å². The smallest absolute Gasteiger partial charge is 0.481 e. The van der Waals surface area contributed by atoms with Gasteiger partial charge in [0.1, 0.15) is 24.1 Å². The Morgan fingerprint density at radius 1 is 1.00 bits per heavy atom. The minimum atomic E-state index is -5.38. The highest BCUT2D eigenvalue weighted by Crippen LogP contribution is 2.60. The number of H-pyrrole nitrogens is 1. The second kappa shape index (κ2) is 12.2. The molecule has 0 bridgehead atoms. The molecule has 25 heteroatoms. The topological polar surface area (TPSA) is 319 Å². The number of hydrogen-bond acceptors (Lipinski definition) is 19. The van der Waals surface area contributed by atoms with Crippen molar-refractivity contribution >= 4 is 52.7 Å². The lowest BCUT2D eigenvalue weighted by molar-refractivity contribution is -0.0545. The van der Waals surface area contributed by atoms with Crippen molar-refractivity contribution in [2.24, 2.45) is 9.98 Å². The number of aliphatic hydroxyl groups excluding tert-OH is 2. The van der Waals surface area contributed by atoms with Crippen LogP contribution in [0.25, 0.3) is 0 Å².